The molecule has 1 unspecified atom stereocenters. The SMILES string of the molecule is CC(C)(C)OC(=O)NCC(C)(NCc1ccn[nH]1)C1CC1. The van der Waals surface area contributed by atoms with E-state index < -0.39 is 5.60 Å². The number of carbonyl (C=O) groups is 1. The van der Waals surface area contributed by atoms with Gasteiger partial charge < -0.3 is 15.4 Å². The van der Waals surface area contributed by atoms with Gasteiger partial charge in [-0.3, -0.25) is 5.10 Å². The molecule has 1 aromatic rings. The van der Waals surface area contributed by atoms with Crippen molar-refractivity contribution in [3.8, 4) is 0 Å². The van der Waals surface area contributed by atoms with Crippen LogP contribution in [0, 0.1) is 5.92 Å². The molecule has 21 heavy (non-hydrogen) atoms. The van der Waals surface area contributed by atoms with Gasteiger partial charge in [-0.25, -0.2) is 4.79 Å². The first-order valence-corrected chi connectivity index (χ1v) is 7.49. The molecule has 1 aliphatic rings. The molecule has 6 heteroatoms. The molecule has 0 bridgehead atoms. The molecule has 1 heterocycles. The lowest BCUT2D eigenvalue weighted by Crippen LogP contribution is -2.53. The van der Waals surface area contributed by atoms with E-state index in [2.05, 4.69) is 27.8 Å². The number of H-pyrrole nitrogens is 1. The van der Waals surface area contributed by atoms with Crippen LogP contribution in [-0.2, 0) is 11.3 Å². The molecule has 2 rings (SSSR count). The second-order valence-electron chi connectivity index (χ2n) is 6.98. The molecular formula is C15H26N4O2. The van der Waals surface area contributed by atoms with E-state index in [4.69, 9.17) is 4.74 Å². The first-order chi connectivity index (χ1) is 9.78. The summed E-state index contributed by atoms with van der Waals surface area (Å²) in [6.07, 6.45) is 3.77. The largest absolute Gasteiger partial charge is 0.444 e. The van der Waals surface area contributed by atoms with Crippen molar-refractivity contribution in [3.05, 3.63) is 18.0 Å². The maximum atomic E-state index is 11.8. The standard InChI is InChI=1S/C15H26N4O2/c1-14(2,3)21-13(20)16-10-15(4,11-5-6-11)17-9-12-7-8-18-19-12/h7-8,11,17H,5-6,9-10H2,1-4H3,(H,16,20)(H,18,19). The summed E-state index contributed by atoms with van der Waals surface area (Å²) in [6, 6.07) is 1.95. The van der Waals surface area contributed by atoms with Gasteiger partial charge in [0, 0.05) is 30.5 Å². The van der Waals surface area contributed by atoms with Crippen molar-refractivity contribution < 1.29 is 9.53 Å². The maximum Gasteiger partial charge on any atom is 0.407 e. The third-order valence-corrected chi connectivity index (χ3v) is 3.72. The summed E-state index contributed by atoms with van der Waals surface area (Å²) in [5.74, 6) is 0.593. The predicted molar refractivity (Wildman–Crippen MR) is 80.8 cm³/mol. The molecule has 6 nitrogen and oxygen atoms in total. The number of hydrogen-bond acceptors (Lipinski definition) is 4. The fourth-order valence-electron chi connectivity index (χ4n) is 2.32. The van der Waals surface area contributed by atoms with E-state index in [-0.39, 0.29) is 11.6 Å². The highest BCUT2D eigenvalue weighted by Gasteiger charge is 2.41. The molecule has 0 radical (unpaired) electrons. The summed E-state index contributed by atoms with van der Waals surface area (Å²) in [6.45, 7) is 9.01. The predicted octanol–water partition coefficient (Wildman–Crippen LogP) is 2.19. The van der Waals surface area contributed by atoms with Gasteiger partial charge in [0.1, 0.15) is 5.60 Å². The molecule has 1 fully saturated rings. The van der Waals surface area contributed by atoms with Gasteiger partial charge in [-0.15, -0.1) is 0 Å². The molecule has 1 aromatic heterocycles. The second kappa shape index (κ2) is 6.05. The minimum atomic E-state index is -0.469. The van der Waals surface area contributed by atoms with Gasteiger partial charge in [0.2, 0.25) is 0 Å². The lowest BCUT2D eigenvalue weighted by Gasteiger charge is -2.32. The van der Waals surface area contributed by atoms with Gasteiger partial charge in [-0.1, -0.05) is 0 Å². The average molecular weight is 294 g/mol. The van der Waals surface area contributed by atoms with Gasteiger partial charge in [0.05, 0.1) is 0 Å². The van der Waals surface area contributed by atoms with Crippen molar-refractivity contribution in [3.63, 3.8) is 0 Å². The molecule has 1 amide bonds. The molecule has 3 N–H and O–H groups in total. The number of ether oxygens (including phenoxy) is 1. The second-order valence-corrected chi connectivity index (χ2v) is 6.98. The Labute approximate surface area is 126 Å². The highest BCUT2D eigenvalue weighted by molar-refractivity contribution is 5.67. The number of alkyl carbamates (subject to hydrolysis) is 1. The van der Waals surface area contributed by atoms with E-state index in [1.807, 2.05) is 26.8 Å². The summed E-state index contributed by atoms with van der Waals surface area (Å²) >= 11 is 0. The Morgan fingerprint density at radius 3 is 2.67 bits per heavy atom. The number of carbonyl (C=O) groups excluding carboxylic acids is 1. The summed E-state index contributed by atoms with van der Waals surface area (Å²) in [7, 11) is 0. The Morgan fingerprint density at radius 1 is 1.43 bits per heavy atom. The van der Waals surface area contributed by atoms with E-state index in [9.17, 15) is 4.79 Å². The summed E-state index contributed by atoms with van der Waals surface area (Å²) in [5, 5.41) is 13.3. The fourth-order valence-corrected chi connectivity index (χ4v) is 2.32. The Kier molecular flexibility index (Phi) is 4.56. The molecule has 0 aliphatic heterocycles. The first kappa shape index (κ1) is 15.8. The molecule has 0 spiro atoms. The lowest BCUT2D eigenvalue weighted by molar-refractivity contribution is 0.0507. The molecular weight excluding hydrogens is 268 g/mol. The zero-order valence-electron chi connectivity index (χ0n) is 13.3. The molecule has 0 saturated heterocycles. The van der Waals surface area contributed by atoms with E-state index >= 15 is 0 Å². The number of aromatic nitrogens is 2. The van der Waals surface area contributed by atoms with Crippen LogP contribution in [0.2, 0.25) is 0 Å². The first-order valence-electron chi connectivity index (χ1n) is 7.49. The number of aromatic amines is 1. The van der Waals surface area contributed by atoms with Crippen LogP contribution in [0.1, 0.15) is 46.2 Å². The third kappa shape index (κ3) is 5.04. The number of amides is 1. The van der Waals surface area contributed by atoms with E-state index in [0.29, 0.717) is 19.0 Å². The molecule has 1 saturated carbocycles. The van der Waals surface area contributed by atoms with E-state index in [1.54, 1.807) is 6.20 Å². The number of rotatable bonds is 6. The summed E-state index contributed by atoms with van der Waals surface area (Å²) < 4.78 is 5.29. The van der Waals surface area contributed by atoms with Crippen LogP contribution in [0.5, 0.6) is 0 Å². The molecule has 0 aromatic carbocycles. The van der Waals surface area contributed by atoms with Crippen LogP contribution in [0.25, 0.3) is 0 Å². The number of hydrogen-bond donors (Lipinski definition) is 3. The van der Waals surface area contributed by atoms with E-state index in [1.165, 1.54) is 12.8 Å². The summed E-state index contributed by atoms with van der Waals surface area (Å²) in [5.41, 5.74) is 0.449. The quantitative estimate of drug-likeness (QED) is 0.751. The third-order valence-electron chi connectivity index (χ3n) is 3.72. The van der Waals surface area contributed by atoms with Crippen molar-refractivity contribution in [1.82, 2.24) is 20.8 Å². The summed E-state index contributed by atoms with van der Waals surface area (Å²) in [4.78, 5) is 11.8. The monoisotopic (exact) mass is 294 g/mol. The minimum absolute atomic E-state index is 0.123. The Hall–Kier alpha value is -1.56. The highest BCUT2D eigenvalue weighted by Crippen LogP contribution is 2.39. The van der Waals surface area contributed by atoms with Crippen molar-refractivity contribution in [2.75, 3.05) is 6.54 Å². The topological polar surface area (TPSA) is 79.0 Å². The van der Waals surface area contributed by atoms with Crippen molar-refractivity contribution >= 4 is 6.09 Å². The van der Waals surface area contributed by atoms with E-state index in [0.717, 1.165) is 5.69 Å². The minimum Gasteiger partial charge on any atom is -0.444 e. The van der Waals surface area contributed by atoms with Crippen LogP contribution >= 0.6 is 0 Å². The zero-order chi connectivity index (χ0) is 15.5. The van der Waals surface area contributed by atoms with Crippen molar-refractivity contribution in [2.24, 2.45) is 5.92 Å². The normalized spacial score (nSPS) is 18.1. The van der Waals surface area contributed by atoms with Crippen molar-refractivity contribution in [2.45, 2.75) is 58.2 Å². The smallest absolute Gasteiger partial charge is 0.407 e. The van der Waals surface area contributed by atoms with Gasteiger partial charge in [-0.05, 0) is 52.5 Å². The average Bonchev–Trinajstić information content (AvgIpc) is 3.10. The Bertz CT molecular complexity index is 463. The molecule has 1 aliphatic carbocycles. The van der Waals surface area contributed by atoms with Crippen LogP contribution < -0.4 is 10.6 Å². The number of nitrogens with one attached hydrogen (secondary N) is 3. The van der Waals surface area contributed by atoms with Crippen LogP contribution in [0.4, 0.5) is 4.79 Å². The molecule has 118 valence electrons. The van der Waals surface area contributed by atoms with Gasteiger partial charge in [0.15, 0.2) is 0 Å². The van der Waals surface area contributed by atoms with Crippen LogP contribution in [0.15, 0.2) is 12.3 Å². The van der Waals surface area contributed by atoms with Gasteiger partial charge in [-0.2, -0.15) is 5.10 Å². The Morgan fingerprint density at radius 2 is 2.14 bits per heavy atom. The number of nitrogens with zero attached hydrogens (tertiary/aromatic N) is 1. The van der Waals surface area contributed by atoms with Crippen molar-refractivity contribution in [1.29, 1.82) is 0 Å². The maximum absolute atomic E-state index is 11.8. The Balaban J connectivity index is 1.84. The fraction of sp³-hybridized carbons (Fsp3) is 0.733. The van der Waals surface area contributed by atoms with Gasteiger partial charge in [0.25, 0.3) is 0 Å². The lowest BCUT2D eigenvalue weighted by atomic mass is 9.95. The molecule has 1 atom stereocenters. The zero-order valence-corrected chi connectivity index (χ0v) is 13.3. The van der Waals surface area contributed by atoms with Crippen LogP contribution in [-0.4, -0.2) is 34.0 Å². The van der Waals surface area contributed by atoms with Gasteiger partial charge >= 0.3 is 6.09 Å². The highest BCUT2D eigenvalue weighted by atomic mass is 16.6. The van der Waals surface area contributed by atoms with Crippen LogP contribution in [0.3, 0.4) is 0 Å².